The molecule has 0 unspecified atom stereocenters. The highest BCUT2D eigenvalue weighted by atomic mass is 79.9. The van der Waals surface area contributed by atoms with E-state index in [1.807, 2.05) is 6.92 Å². The Morgan fingerprint density at radius 1 is 1.62 bits per heavy atom. The molecule has 0 aromatic heterocycles. The first-order chi connectivity index (χ1) is 6.09. The zero-order valence-electron chi connectivity index (χ0n) is 7.40. The molecule has 13 heavy (non-hydrogen) atoms. The Bertz CT molecular complexity index is 323. The van der Waals surface area contributed by atoms with Crippen molar-refractivity contribution in [2.24, 2.45) is 0 Å². The molecule has 0 saturated carbocycles. The normalized spacial score (nSPS) is 9.77. The number of aryl methyl sites for hydroxylation is 1. The van der Waals surface area contributed by atoms with Gasteiger partial charge in [0.1, 0.15) is 5.82 Å². The predicted molar refractivity (Wildman–Crippen MR) is 57.7 cm³/mol. The first kappa shape index (κ1) is 10.3. The van der Waals surface area contributed by atoms with E-state index in [0.717, 1.165) is 10.0 Å². The molecule has 0 aliphatic carbocycles. The summed E-state index contributed by atoms with van der Waals surface area (Å²) >= 11 is 3.20. The van der Waals surface area contributed by atoms with Gasteiger partial charge in [-0.1, -0.05) is 28.6 Å². The number of hydrogen-bond donors (Lipinski definition) is 1. The Hall–Kier alpha value is -0.830. The van der Waals surface area contributed by atoms with Gasteiger partial charge in [0.15, 0.2) is 0 Å². The van der Waals surface area contributed by atoms with Gasteiger partial charge in [0.25, 0.3) is 0 Å². The Balaban J connectivity index is 2.75. The fourth-order valence-corrected chi connectivity index (χ4v) is 1.11. The van der Waals surface area contributed by atoms with Crippen LogP contribution in [0.1, 0.15) is 5.56 Å². The molecule has 3 heteroatoms. The van der Waals surface area contributed by atoms with Crippen LogP contribution in [0.3, 0.4) is 0 Å². The van der Waals surface area contributed by atoms with Crippen LogP contribution in [0.4, 0.5) is 10.1 Å². The van der Waals surface area contributed by atoms with Crippen molar-refractivity contribution in [1.29, 1.82) is 0 Å². The second kappa shape index (κ2) is 4.42. The number of rotatable bonds is 3. The second-order valence-corrected chi connectivity index (χ2v) is 3.98. The summed E-state index contributed by atoms with van der Waals surface area (Å²) in [6.07, 6.45) is 0. The van der Waals surface area contributed by atoms with Gasteiger partial charge < -0.3 is 5.32 Å². The van der Waals surface area contributed by atoms with Gasteiger partial charge in [0.2, 0.25) is 0 Å². The third-order valence-electron chi connectivity index (χ3n) is 1.59. The maximum atomic E-state index is 13.1. The molecule has 70 valence electrons. The average molecular weight is 244 g/mol. The fourth-order valence-electron chi connectivity index (χ4n) is 0.966. The summed E-state index contributed by atoms with van der Waals surface area (Å²) in [6, 6.07) is 4.96. The number of hydrogen-bond acceptors (Lipinski definition) is 1. The number of benzene rings is 1. The molecule has 1 rings (SSSR count). The summed E-state index contributed by atoms with van der Waals surface area (Å²) in [6.45, 7) is 6.11. The Morgan fingerprint density at radius 2 is 2.31 bits per heavy atom. The van der Waals surface area contributed by atoms with E-state index < -0.39 is 0 Å². The van der Waals surface area contributed by atoms with Crippen LogP contribution < -0.4 is 5.32 Å². The van der Waals surface area contributed by atoms with Crippen LogP contribution in [0.25, 0.3) is 0 Å². The van der Waals surface area contributed by atoms with Gasteiger partial charge in [0.05, 0.1) is 5.69 Å². The van der Waals surface area contributed by atoms with Crippen molar-refractivity contribution in [3.8, 4) is 0 Å². The molecule has 1 aromatic carbocycles. The molecular weight excluding hydrogens is 233 g/mol. The highest BCUT2D eigenvalue weighted by Gasteiger charge is 2.00. The molecule has 0 amide bonds. The molecule has 0 aliphatic heterocycles. The Labute approximate surface area is 85.8 Å². The molecule has 1 N–H and O–H groups in total. The van der Waals surface area contributed by atoms with E-state index >= 15 is 0 Å². The summed E-state index contributed by atoms with van der Waals surface area (Å²) in [5, 5.41) is 2.93. The van der Waals surface area contributed by atoms with Crippen molar-refractivity contribution in [2.45, 2.75) is 6.92 Å². The zero-order valence-corrected chi connectivity index (χ0v) is 8.99. The highest BCUT2D eigenvalue weighted by Crippen LogP contribution is 2.16. The number of nitrogens with one attached hydrogen (secondary N) is 1. The van der Waals surface area contributed by atoms with E-state index in [0.29, 0.717) is 12.2 Å². The topological polar surface area (TPSA) is 12.0 Å². The minimum atomic E-state index is -0.237. The van der Waals surface area contributed by atoms with E-state index in [9.17, 15) is 4.39 Å². The monoisotopic (exact) mass is 243 g/mol. The second-order valence-electron chi connectivity index (χ2n) is 2.85. The van der Waals surface area contributed by atoms with Crippen molar-refractivity contribution in [1.82, 2.24) is 0 Å². The van der Waals surface area contributed by atoms with Gasteiger partial charge in [-0.15, -0.1) is 0 Å². The summed E-state index contributed by atoms with van der Waals surface area (Å²) in [5.74, 6) is -0.237. The summed E-state index contributed by atoms with van der Waals surface area (Å²) < 4.78 is 13.9. The van der Waals surface area contributed by atoms with Crippen LogP contribution in [0, 0.1) is 12.7 Å². The Kier molecular flexibility index (Phi) is 3.48. The number of anilines is 1. The lowest BCUT2D eigenvalue weighted by molar-refractivity contribution is 0.630. The van der Waals surface area contributed by atoms with Crippen molar-refractivity contribution < 1.29 is 4.39 Å². The van der Waals surface area contributed by atoms with Crippen LogP contribution in [0.5, 0.6) is 0 Å². The maximum Gasteiger partial charge on any atom is 0.146 e. The lowest BCUT2D eigenvalue weighted by Gasteiger charge is -2.06. The third-order valence-corrected chi connectivity index (χ3v) is 1.87. The number of halogens is 2. The first-order valence-electron chi connectivity index (χ1n) is 3.93. The van der Waals surface area contributed by atoms with Crippen LogP contribution in [-0.2, 0) is 0 Å². The van der Waals surface area contributed by atoms with Gasteiger partial charge in [0, 0.05) is 11.0 Å². The van der Waals surface area contributed by atoms with Crippen LogP contribution >= 0.6 is 15.9 Å². The van der Waals surface area contributed by atoms with Crippen molar-refractivity contribution >= 4 is 21.6 Å². The average Bonchev–Trinajstić information content (AvgIpc) is 2.06. The van der Waals surface area contributed by atoms with E-state index in [4.69, 9.17) is 0 Å². The van der Waals surface area contributed by atoms with E-state index in [1.165, 1.54) is 6.07 Å². The van der Waals surface area contributed by atoms with Crippen LogP contribution in [-0.4, -0.2) is 6.54 Å². The highest BCUT2D eigenvalue weighted by molar-refractivity contribution is 9.11. The minimum absolute atomic E-state index is 0.237. The van der Waals surface area contributed by atoms with Gasteiger partial charge in [-0.2, -0.15) is 0 Å². The molecule has 0 atom stereocenters. The lowest BCUT2D eigenvalue weighted by Crippen LogP contribution is -2.02. The van der Waals surface area contributed by atoms with Crippen molar-refractivity contribution in [3.05, 3.63) is 40.6 Å². The maximum absolute atomic E-state index is 13.1. The van der Waals surface area contributed by atoms with Crippen molar-refractivity contribution in [3.63, 3.8) is 0 Å². The largest absolute Gasteiger partial charge is 0.378 e. The van der Waals surface area contributed by atoms with Gasteiger partial charge >= 0.3 is 0 Å². The van der Waals surface area contributed by atoms with Crippen LogP contribution in [0.15, 0.2) is 29.3 Å². The van der Waals surface area contributed by atoms with Gasteiger partial charge in [-0.25, -0.2) is 4.39 Å². The van der Waals surface area contributed by atoms with E-state index in [-0.39, 0.29) is 5.82 Å². The predicted octanol–water partition coefficient (Wildman–Crippen LogP) is 3.45. The molecule has 0 spiro atoms. The fraction of sp³-hybridized carbons (Fsp3) is 0.200. The van der Waals surface area contributed by atoms with Gasteiger partial charge in [-0.3, -0.25) is 0 Å². The molecule has 1 aromatic rings. The third kappa shape index (κ3) is 3.19. The lowest BCUT2D eigenvalue weighted by atomic mass is 10.2. The minimum Gasteiger partial charge on any atom is -0.378 e. The standard InChI is InChI=1S/C10H11BrFN/c1-7-3-4-9(12)10(5-7)13-6-8(2)11/h3-5,13H,2,6H2,1H3. The SMILES string of the molecule is C=C(Br)CNc1cc(C)ccc1F. The van der Waals surface area contributed by atoms with E-state index in [2.05, 4.69) is 27.8 Å². The summed E-state index contributed by atoms with van der Waals surface area (Å²) in [7, 11) is 0. The molecule has 0 bridgehead atoms. The molecule has 0 radical (unpaired) electrons. The molecular formula is C10H11BrFN. The molecule has 0 fully saturated rings. The van der Waals surface area contributed by atoms with E-state index in [1.54, 1.807) is 12.1 Å². The zero-order chi connectivity index (χ0) is 9.84. The van der Waals surface area contributed by atoms with Crippen molar-refractivity contribution in [2.75, 3.05) is 11.9 Å². The summed E-state index contributed by atoms with van der Waals surface area (Å²) in [4.78, 5) is 0. The summed E-state index contributed by atoms with van der Waals surface area (Å²) in [5.41, 5.74) is 1.55. The molecule has 0 saturated heterocycles. The first-order valence-corrected chi connectivity index (χ1v) is 4.72. The molecule has 1 nitrogen and oxygen atoms in total. The quantitative estimate of drug-likeness (QED) is 0.858. The molecule has 0 aliphatic rings. The smallest absolute Gasteiger partial charge is 0.146 e. The Morgan fingerprint density at radius 3 is 2.92 bits per heavy atom. The van der Waals surface area contributed by atoms with Crippen LogP contribution in [0.2, 0.25) is 0 Å². The van der Waals surface area contributed by atoms with Gasteiger partial charge in [-0.05, 0) is 24.6 Å². The molecule has 0 heterocycles.